The van der Waals surface area contributed by atoms with Crippen LogP contribution in [0.5, 0.6) is 0 Å². The van der Waals surface area contributed by atoms with E-state index in [1.165, 1.54) is 18.2 Å². The van der Waals surface area contributed by atoms with E-state index in [4.69, 9.17) is 0 Å². The van der Waals surface area contributed by atoms with Gasteiger partial charge in [0.25, 0.3) is 5.69 Å². The highest BCUT2D eigenvalue weighted by molar-refractivity contribution is 7.89. The Morgan fingerprint density at radius 1 is 1.40 bits per heavy atom. The molecular weight excluding hydrogens is 306 g/mol. The first kappa shape index (κ1) is 16.8. The average molecular weight is 322 g/mol. The van der Waals surface area contributed by atoms with E-state index in [-0.39, 0.29) is 29.0 Å². The maximum atomic E-state index is 12.1. The lowest BCUT2D eigenvalue weighted by Gasteiger charge is -2.23. The summed E-state index contributed by atoms with van der Waals surface area (Å²) < 4.78 is 26.8. The van der Waals surface area contributed by atoms with Crippen LogP contribution in [0.3, 0.4) is 0 Å². The quantitative estimate of drug-likeness (QED) is 0.637. The van der Waals surface area contributed by atoms with Gasteiger partial charge in [-0.1, -0.05) is 6.07 Å². The minimum atomic E-state index is -3.71. The zero-order valence-electron chi connectivity index (χ0n) is 10.6. The van der Waals surface area contributed by atoms with E-state index in [1.807, 2.05) is 0 Å². The molecule has 20 heavy (non-hydrogen) atoms. The van der Waals surface area contributed by atoms with E-state index in [9.17, 15) is 18.5 Å². The SMILES string of the molecule is Cl.O=[N+]([O-])c1cccc(S(=O)(=O)N[C@H]2CCCNC2)c1. The third-order valence-electron chi connectivity index (χ3n) is 2.96. The van der Waals surface area contributed by atoms with Gasteiger partial charge in [0, 0.05) is 24.7 Å². The van der Waals surface area contributed by atoms with Crippen LogP contribution in [-0.2, 0) is 10.0 Å². The highest BCUT2D eigenvalue weighted by atomic mass is 35.5. The van der Waals surface area contributed by atoms with Crippen molar-refractivity contribution in [2.45, 2.75) is 23.8 Å². The van der Waals surface area contributed by atoms with Gasteiger partial charge in [0.2, 0.25) is 10.0 Å². The van der Waals surface area contributed by atoms with Crippen LogP contribution in [0.15, 0.2) is 29.2 Å². The Kier molecular flexibility index (Phi) is 5.88. The molecule has 1 atom stereocenters. The Bertz CT molecular complexity index is 573. The van der Waals surface area contributed by atoms with Crippen LogP contribution in [0, 0.1) is 10.1 Å². The van der Waals surface area contributed by atoms with E-state index >= 15 is 0 Å². The molecule has 0 unspecified atom stereocenters. The molecule has 0 saturated carbocycles. The molecule has 0 aromatic heterocycles. The molecule has 1 aromatic carbocycles. The highest BCUT2D eigenvalue weighted by Crippen LogP contribution is 2.18. The van der Waals surface area contributed by atoms with Crippen molar-refractivity contribution in [3.05, 3.63) is 34.4 Å². The van der Waals surface area contributed by atoms with Crippen LogP contribution in [0.1, 0.15) is 12.8 Å². The summed E-state index contributed by atoms with van der Waals surface area (Å²) in [7, 11) is -3.71. The van der Waals surface area contributed by atoms with Crippen molar-refractivity contribution in [3.8, 4) is 0 Å². The van der Waals surface area contributed by atoms with E-state index in [0.29, 0.717) is 6.54 Å². The normalized spacial score (nSPS) is 19.1. The van der Waals surface area contributed by atoms with Gasteiger partial charge in [0.1, 0.15) is 0 Å². The van der Waals surface area contributed by atoms with Gasteiger partial charge in [-0.3, -0.25) is 10.1 Å². The summed E-state index contributed by atoms with van der Waals surface area (Å²) in [5, 5.41) is 13.8. The first-order chi connectivity index (χ1) is 8.99. The molecule has 0 spiro atoms. The molecule has 1 aromatic rings. The van der Waals surface area contributed by atoms with Gasteiger partial charge in [0.05, 0.1) is 9.82 Å². The predicted molar refractivity (Wildman–Crippen MR) is 76.6 cm³/mol. The topological polar surface area (TPSA) is 101 Å². The molecule has 1 fully saturated rings. The number of nitrogens with one attached hydrogen (secondary N) is 2. The molecule has 0 radical (unpaired) electrons. The third kappa shape index (κ3) is 4.14. The molecule has 1 aliphatic rings. The standard InChI is InChI=1S/C11H15N3O4S.ClH/c15-14(16)10-4-1-5-11(7-10)19(17,18)13-9-3-2-6-12-8-9;/h1,4-5,7,9,12-13H,2-3,6,8H2;1H/t9-;/m0./s1. The molecule has 7 nitrogen and oxygen atoms in total. The lowest BCUT2D eigenvalue weighted by molar-refractivity contribution is -0.385. The Labute approximate surface area is 123 Å². The van der Waals surface area contributed by atoms with Gasteiger partial charge in [-0.25, -0.2) is 13.1 Å². The number of non-ortho nitro benzene ring substituents is 1. The number of nitro benzene ring substituents is 1. The zero-order chi connectivity index (χ0) is 13.9. The molecule has 2 N–H and O–H groups in total. The molecule has 0 aliphatic carbocycles. The molecule has 112 valence electrons. The Balaban J connectivity index is 0.00000200. The minimum Gasteiger partial charge on any atom is -0.315 e. The van der Waals surface area contributed by atoms with Crippen LogP contribution in [0.25, 0.3) is 0 Å². The van der Waals surface area contributed by atoms with E-state index < -0.39 is 14.9 Å². The number of hydrogen-bond acceptors (Lipinski definition) is 5. The van der Waals surface area contributed by atoms with Crippen LogP contribution in [0.2, 0.25) is 0 Å². The van der Waals surface area contributed by atoms with Crippen LogP contribution in [0.4, 0.5) is 5.69 Å². The second kappa shape index (κ2) is 6.98. The molecular formula is C11H16ClN3O4S. The summed E-state index contributed by atoms with van der Waals surface area (Å²) >= 11 is 0. The highest BCUT2D eigenvalue weighted by Gasteiger charge is 2.23. The molecule has 0 amide bonds. The second-order valence-corrected chi connectivity index (χ2v) is 6.13. The van der Waals surface area contributed by atoms with E-state index in [0.717, 1.165) is 25.5 Å². The van der Waals surface area contributed by atoms with Crippen molar-refractivity contribution < 1.29 is 13.3 Å². The first-order valence-electron chi connectivity index (χ1n) is 5.96. The lowest BCUT2D eigenvalue weighted by Crippen LogP contribution is -2.45. The van der Waals surface area contributed by atoms with Gasteiger partial charge in [-0.2, -0.15) is 0 Å². The molecule has 9 heteroatoms. The first-order valence-corrected chi connectivity index (χ1v) is 7.45. The Hall–Kier alpha value is -1.22. The maximum absolute atomic E-state index is 12.1. The number of rotatable bonds is 4. The summed E-state index contributed by atoms with van der Waals surface area (Å²) in [6, 6.07) is 4.88. The second-order valence-electron chi connectivity index (χ2n) is 4.42. The lowest BCUT2D eigenvalue weighted by atomic mass is 10.1. The fraction of sp³-hybridized carbons (Fsp3) is 0.455. The number of sulfonamides is 1. The van der Waals surface area contributed by atoms with Crippen LogP contribution >= 0.6 is 12.4 Å². The molecule has 1 saturated heterocycles. The van der Waals surface area contributed by atoms with Crippen molar-refractivity contribution in [1.29, 1.82) is 0 Å². The summed E-state index contributed by atoms with van der Waals surface area (Å²) in [6.07, 6.45) is 1.67. The summed E-state index contributed by atoms with van der Waals surface area (Å²) in [6.45, 7) is 1.46. The van der Waals surface area contributed by atoms with Gasteiger partial charge >= 0.3 is 0 Å². The van der Waals surface area contributed by atoms with Gasteiger partial charge in [0.15, 0.2) is 0 Å². The van der Waals surface area contributed by atoms with Gasteiger partial charge < -0.3 is 5.32 Å². The number of benzene rings is 1. The number of piperidine rings is 1. The average Bonchev–Trinajstić information content (AvgIpc) is 2.39. The van der Waals surface area contributed by atoms with E-state index in [2.05, 4.69) is 10.0 Å². The van der Waals surface area contributed by atoms with Crippen molar-refractivity contribution in [2.75, 3.05) is 13.1 Å². The predicted octanol–water partition coefficient (Wildman–Crippen LogP) is 1.05. The fourth-order valence-electron chi connectivity index (χ4n) is 2.00. The number of nitrogens with zero attached hydrogens (tertiary/aromatic N) is 1. The van der Waals surface area contributed by atoms with Crippen LogP contribution < -0.4 is 10.0 Å². The third-order valence-corrected chi connectivity index (χ3v) is 4.48. The Morgan fingerprint density at radius 2 is 2.15 bits per heavy atom. The molecule has 0 bridgehead atoms. The monoisotopic (exact) mass is 321 g/mol. The van der Waals surface area contributed by atoms with E-state index in [1.54, 1.807) is 0 Å². The molecule has 1 aliphatic heterocycles. The largest absolute Gasteiger partial charge is 0.315 e. The summed E-state index contributed by atoms with van der Waals surface area (Å²) in [4.78, 5) is 9.96. The van der Waals surface area contributed by atoms with Gasteiger partial charge in [-0.05, 0) is 25.5 Å². The van der Waals surface area contributed by atoms with Crippen LogP contribution in [-0.4, -0.2) is 32.5 Å². The van der Waals surface area contributed by atoms with Crippen molar-refractivity contribution in [3.63, 3.8) is 0 Å². The molecule has 1 heterocycles. The van der Waals surface area contributed by atoms with Gasteiger partial charge in [-0.15, -0.1) is 12.4 Å². The summed E-state index contributed by atoms with van der Waals surface area (Å²) in [5.41, 5.74) is -0.232. The van der Waals surface area contributed by atoms with Crippen molar-refractivity contribution >= 4 is 28.1 Å². The number of nitro groups is 1. The smallest absolute Gasteiger partial charge is 0.270 e. The fourth-order valence-corrected chi connectivity index (χ4v) is 3.31. The number of hydrogen-bond donors (Lipinski definition) is 2. The van der Waals surface area contributed by atoms with Crippen molar-refractivity contribution in [2.24, 2.45) is 0 Å². The maximum Gasteiger partial charge on any atom is 0.270 e. The summed E-state index contributed by atoms with van der Waals surface area (Å²) in [5.74, 6) is 0. The zero-order valence-corrected chi connectivity index (χ0v) is 12.2. The number of halogens is 1. The molecule has 2 rings (SSSR count). The minimum absolute atomic E-state index is 0. The Morgan fingerprint density at radius 3 is 2.75 bits per heavy atom. The van der Waals surface area contributed by atoms with Crippen molar-refractivity contribution in [1.82, 2.24) is 10.0 Å².